The van der Waals surface area contributed by atoms with Crippen molar-refractivity contribution in [3.05, 3.63) is 22.7 Å². The summed E-state index contributed by atoms with van der Waals surface area (Å²) < 4.78 is 1.05. The molecule has 0 spiro atoms. The molecule has 1 amide bonds. The Morgan fingerprint density at radius 3 is 2.81 bits per heavy atom. The number of anilines is 2. The van der Waals surface area contributed by atoms with Gasteiger partial charge in [-0.15, -0.1) is 0 Å². The molecule has 0 saturated carbocycles. The minimum atomic E-state index is 0.180. The van der Waals surface area contributed by atoms with Crippen LogP contribution in [-0.4, -0.2) is 26.0 Å². The predicted molar refractivity (Wildman–Crippen MR) is 70.1 cm³/mol. The molecule has 0 aliphatic carbocycles. The van der Waals surface area contributed by atoms with Crippen molar-refractivity contribution in [2.45, 2.75) is 13.3 Å². The van der Waals surface area contributed by atoms with Gasteiger partial charge in [0.2, 0.25) is 5.91 Å². The van der Waals surface area contributed by atoms with Gasteiger partial charge in [-0.2, -0.15) is 0 Å². The molecule has 1 heterocycles. The lowest BCUT2D eigenvalue weighted by atomic mass is 10.1. The maximum Gasteiger partial charge on any atom is 0.246 e. The number of nitrogens with zero attached hydrogens (tertiary/aromatic N) is 2. The highest BCUT2D eigenvalue weighted by atomic mass is 79.9. The van der Waals surface area contributed by atoms with E-state index in [4.69, 9.17) is 0 Å². The van der Waals surface area contributed by atoms with Crippen molar-refractivity contribution in [2.24, 2.45) is 0 Å². The minimum Gasteiger partial charge on any atom is -0.364 e. The summed E-state index contributed by atoms with van der Waals surface area (Å²) >= 11 is 3.46. The molecule has 4 heteroatoms. The lowest BCUT2D eigenvalue weighted by molar-refractivity contribution is -0.117. The van der Waals surface area contributed by atoms with Crippen LogP contribution in [0.25, 0.3) is 0 Å². The van der Waals surface area contributed by atoms with E-state index in [1.165, 1.54) is 0 Å². The van der Waals surface area contributed by atoms with E-state index in [1.807, 2.05) is 29.0 Å². The highest BCUT2D eigenvalue weighted by Crippen LogP contribution is 2.34. The normalized spacial score (nSPS) is 15.3. The van der Waals surface area contributed by atoms with E-state index < -0.39 is 0 Å². The summed E-state index contributed by atoms with van der Waals surface area (Å²) in [5, 5.41) is 0. The van der Waals surface area contributed by atoms with Crippen LogP contribution in [0.5, 0.6) is 0 Å². The van der Waals surface area contributed by atoms with Gasteiger partial charge in [-0.1, -0.05) is 22.9 Å². The summed E-state index contributed by atoms with van der Waals surface area (Å²) in [7, 11) is 1.95. The number of amides is 1. The number of benzene rings is 1. The second kappa shape index (κ2) is 4.45. The van der Waals surface area contributed by atoms with Crippen molar-refractivity contribution in [1.82, 2.24) is 0 Å². The smallest absolute Gasteiger partial charge is 0.246 e. The third-order valence-corrected chi connectivity index (χ3v) is 3.25. The van der Waals surface area contributed by atoms with Crippen LogP contribution in [0.1, 0.15) is 13.3 Å². The molecule has 0 saturated heterocycles. The molecular weight excluding hydrogens is 268 g/mol. The first-order valence-corrected chi connectivity index (χ1v) is 6.24. The van der Waals surface area contributed by atoms with Crippen LogP contribution in [0.15, 0.2) is 22.7 Å². The Balaban J connectivity index is 2.46. The molecule has 0 aromatic heterocycles. The van der Waals surface area contributed by atoms with Gasteiger partial charge in [0, 0.05) is 18.1 Å². The highest BCUT2D eigenvalue weighted by molar-refractivity contribution is 9.10. The first-order chi connectivity index (χ1) is 7.63. The van der Waals surface area contributed by atoms with Crippen LogP contribution in [0.2, 0.25) is 0 Å². The Kier molecular flexibility index (Phi) is 3.19. The Morgan fingerprint density at radius 2 is 2.12 bits per heavy atom. The zero-order chi connectivity index (χ0) is 11.7. The SMILES string of the molecule is CCCN1C(=O)CN(C)c2cc(Br)ccc21. The van der Waals surface area contributed by atoms with Crippen molar-refractivity contribution in [3.8, 4) is 0 Å². The quantitative estimate of drug-likeness (QED) is 0.833. The fraction of sp³-hybridized carbons (Fsp3) is 0.417. The molecule has 16 heavy (non-hydrogen) atoms. The molecule has 0 radical (unpaired) electrons. The van der Waals surface area contributed by atoms with Crippen LogP contribution in [0.4, 0.5) is 11.4 Å². The van der Waals surface area contributed by atoms with Crippen LogP contribution in [-0.2, 0) is 4.79 Å². The van der Waals surface area contributed by atoms with Gasteiger partial charge in [0.1, 0.15) is 0 Å². The highest BCUT2D eigenvalue weighted by Gasteiger charge is 2.26. The summed E-state index contributed by atoms with van der Waals surface area (Å²) in [6, 6.07) is 6.04. The third kappa shape index (κ3) is 1.94. The van der Waals surface area contributed by atoms with Crippen LogP contribution >= 0.6 is 15.9 Å². The first kappa shape index (κ1) is 11.5. The Morgan fingerprint density at radius 1 is 1.38 bits per heavy atom. The Labute approximate surface area is 104 Å². The van der Waals surface area contributed by atoms with Gasteiger partial charge in [0.05, 0.1) is 17.9 Å². The molecule has 2 rings (SSSR count). The van der Waals surface area contributed by atoms with Gasteiger partial charge >= 0.3 is 0 Å². The zero-order valence-corrected chi connectivity index (χ0v) is 11.1. The van der Waals surface area contributed by atoms with Crippen LogP contribution in [0, 0.1) is 0 Å². The summed E-state index contributed by atoms with van der Waals surface area (Å²) in [5.41, 5.74) is 2.13. The number of carbonyl (C=O) groups excluding carboxylic acids is 1. The van der Waals surface area contributed by atoms with Crippen molar-refractivity contribution in [3.63, 3.8) is 0 Å². The first-order valence-electron chi connectivity index (χ1n) is 5.44. The molecule has 0 bridgehead atoms. The third-order valence-electron chi connectivity index (χ3n) is 2.76. The van der Waals surface area contributed by atoms with Crippen LogP contribution < -0.4 is 9.80 Å². The average molecular weight is 283 g/mol. The monoisotopic (exact) mass is 282 g/mol. The number of halogens is 1. The number of fused-ring (bicyclic) bond motifs is 1. The van der Waals surface area contributed by atoms with Crippen molar-refractivity contribution in [1.29, 1.82) is 0 Å². The topological polar surface area (TPSA) is 23.6 Å². The summed E-state index contributed by atoms with van der Waals surface area (Å²) in [5.74, 6) is 0.180. The molecule has 86 valence electrons. The van der Waals surface area contributed by atoms with Gasteiger partial charge in [0.25, 0.3) is 0 Å². The van der Waals surface area contributed by atoms with E-state index in [2.05, 4.69) is 28.9 Å². The molecule has 0 fully saturated rings. The van der Waals surface area contributed by atoms with E-state index in [0.717, 1.165) is 28.8 Å². The minimum absolute atomic E-state index is 0.180. The Hall–Kier alpha value is -1.03. The molecule has 3 nitrogen and oxygen atoms in total. The lowest BCUT2D eigenvalue weighted by Crippen LogP contribution is -2.44. The van der Waals surface area contributed by atoms with Crippen molar-refractivity contribution < 1.29 is 4.79 Å². The van der Waals surface area contributed by atoms with E-state index in [0.29, 0.717) is 6.54 Å². The van der Waals surface area contributed by atoms with Crippen molar-refractivity contribution in [2.75, 3.05) is 29.9 Å². The molecule has 0 unspecified atom stereocenters. The Bertz CT molecular complexity index is 419. The second-order valence-corrected chi connectivity index (χ2v) is 4.95. The lowest BCUT2D eigenvalue weighted by Gasteiger charge is -2.35. The van der Waals surface area contributed by atoms with Gasteiger partial charge in [-0.3, -0.25) is 4.79 Å². The number of hydrogen-bond acceptors (Lipinski definition) is 2. The van der Waals surface area contributed by atoms with E-state index in [1.54, 1.807) is 0 Å². The molecule has 1 aliphatic rings. The van der Waals surface area contributed by atoms with E-state index in [9.17, 15) is 4.79 Å². The fourth-order valence-corrected chi connectivity index (χ4v) is 2.36. The maximum atomic E-state index is 11.9. The fourth-order valence-electron chi connectivity index (χ4n) is 2.01. The van der Waals surface area contributed by atoms with Crippen LogP contribution in [0.3, 0.4) is 0 Å². The average Bonchev–Trinajstić information content (AvgIpc) is 2.24. The molecule has 1 aromatic rings. The molecule has 1 aliphatic heterocycles. The van der Waals surface area contributed by atoms with E-state index in [-0.39, 0.29) is 5.91 Å². The molecular formula is C12H15BrN2O. The maximum absolute atomic E-state index is 11.9. The number of carbonyl (C=O) groups is 1. The molecule has 0 N–H and O–H groups in total. The second-order valence-electron chi connectivity index (χ2n) is 4.03. The number of likely N-dealkylation sites (N-methyl/N-ethyl adjacent to an activating group) is 1. The summed E-state index contributed by atoms with van der Waals surface area (Å²) in [6.07, 6.45) is 0.977. The summed E-state index contributed by atoms with van der Waals surface area (Å²) in [6.45, 7) is 3.34. The molecule has 1 aromatic carbocycles. The van der Waals surface area contributed by atoms with Crippen molar-refractivity contribution >= 4 is 33.2 Å². The number of hydrogen-bond donors (Lipinski definition) is 0. The van der Waals surface area contributed by atoms with E-state index >= 15 is 0 Å². The van der Waals surface area contributed by atoms with Gasteiger partial charge in [0.15, 0.2) is 0 Å². The summed E-state index contributed by atoms with van der Waals surface area (Å²) in [4.78, 5) is 15.8. The largest absolute Gasteiger partial charge is 0.364 e. The predicted octanol–water partition coefficient (Wildman–Crippen LogP) is 2.64. The number of rotatable bonds is 2. The standard InChI is InChI=1S/C12H15BrN2O/c1-3-6-15-10-5-4-9(13)7-11(10)14(2)8-12(15)16/h4-5,7H,3,6,8H2,1-2H3. The zero-order valence-electron chi connectivity index (χ0n) is 9.53. The van der Waals surface area contributed by atoms with Gasteiger partial charge < -0.3 is 9.80 Å². The molecule has 0 atom stereocenters. The van der Waals surface area contributed by atoms with Gasteiger partial charge in [-0.25, -0.2) is 0 Å². The van der Waals surface area contributed by atoms with Gasteiger partial charge in [-0.05, 0) is 24.6 Å².